The maximum absolute atomic E-state index is 13.4. The molecule has 0 atom stereocenters. The van der Waals surface area contributed by atoms with Crippen molar-refractivity contribution in [2.75, 3.05) is 0 Å². The molecule has 4 rings (SSSR count). The third kappa shape index (κ3) is 2.48. The van der Waals surface area contributed by atoms with Gasteiger partial charge in [-0.3, -0.25) is 14.7 Å². The first-order valence-electron chi connectivity index (χ1n) is 8.08. The van der Waals surface area contributed by atoms with Crippen LogP contribution in [0.1, 0.15) is 47.7 Å². The number of para-hydroxylation sites is 1. The van der Waals surface area contributed by atoms with E-state index < -0.39 is 11.8 Å². The normalized spacial score (nSPS) is 18.0. The van der Waals surface area contributed by atoms with Crippen LogP contribution in [0.2, 0.25) is 0 Å². The molecule has 2 aromatic heterocycles. The van der Waals surface area contributed by atoms with Crippen LogP contribution in [-0.2, 0) is 0 Å². The quantitative estimate of drug-likeness (QED) is 0.747. The molecule has 6 nitrogen and oxygen atoms in total. The minimum absolute atomic E-state index is 0.109. The van der Waals surface area contributed by atoms with Crippen molar-refractivity contribution in [1.82, 2.24) is 14.6 Å². The number of fused-ring (bicyclic) bond motifs is 2. The maximum Gasteiger partial charge on any atom is 0.280 e. The Balaban J connectivity index is 1.94. The van der Waals surface area contributed by atoms with Gasteiger partial charge >= 0.3 is 0 Å². The molecule has 3 aromatic rings. The Hall–Kier alpha value is -2.77. The number of nitrogens with two attached hydrogens (primary N) is 1. The molecule has 2 heterocycles. The smallest absolute Gasteiger partial charge is 0.280 e. The Morgan fingerprint density at radius 2 is 1.96 bits per heavy atom. The molecule has 1 aliphatic carbocycles. The number of H-pyrrole nitrogens is 1. The highest BCUT2D eigenvalue weighted by Crippen LogP contribution is 2.41. The highest BCUT2D eigenvalue weighted by Gasteiger charge is 2.37. The van der Waals surface area contributed by atoms with E-state index in [0.717, 1.165) is 0 Å². The van der Waals surface area contributed by atoms with Crippen LogP contribution in [0.25, 0.3) is 16.6 Å². The van der Waals surface area contributed by atoms with Crippen molar-refractivity contribution in [1.29, 1.82) is 0 Å². The second-order valence-corrected chi connectivity index (χ2v) is 6.49. The van der Waals surface area contributed by atoms with E-state index in [0.29, 0.717) is 16.6 Å². The SMILES string of the molecule is NC(=O)c1c(C2CCC(F)(F)CC2)[nH]n2c(=O)c3ccccc3nc12. The van der Waals surface area contributed by atoms with Crippen LogP contribution in [0.4, 0.5) is 8.78 Å². The van der Waals surface area contributed by atoms with Crippen LogP contribution in [-0.4, -0.2) is 26.4 Å². The summed E-state index contributed by atoms with van der Waals surface area (Å²) in [6, 6.07) is 6.78. The summed E-state index contributed by atoms with van der Waals surface area (Å²) in [6.07, 6.45) is -0.0756. The van der Waals surface area contributed by atoms with E-state index in [1.165, 1.54) is 4.52 Å². The number of carbonyl (C=O) groups excluding carboxylic acids is 1. The average Bonchev–Trinajstić information content (AvgIpc) is 2.95. The van der Waals surface area contributed by atoms with Crippen molar-refractivity contribution in [3.05, 3.63) is 45.9 Å². The molecule has 8 heteroatoms. The number of benzene rings is 1. The fourth-order valence-corrected chi connectivity index (χ4v) is 3.57. The number of primary amides is 1. The van der Waals surface area contributed by atoms with E-state index in [2.05, 4.69) is 10.1 Å². The molecule has 1 fully saturated rings. The van der Waals surface area contributed by atoms with Gasteiger partial charge in [0.15, 0.2) is 5.65 Å². The Morgan fingerprint density at radius 3 is 2.64 bits per heavy atom. The first-order chi connectivity index (χ1) is 11.9. The van der Waals surface area contributed by atoms with Gasteiger partial charge in [0, 0.05) is 18.8 Å². The molecule has 130 valence electrons. The fourth-order valence-electron chi connectivity index (χ4n) is 3.57. The van der Waals surface area contributed by atoms with Crippen molar-refractivity contribution >= 4 is 22.5 Å². The Morgan fingerprint density at radius 1 is 1.28 bits per heavy atom. The Bertz CT molecular complexity index is 1040. The number of halogens is 2. The van der Waals surface area contributed by atoms with Crippen LogP contribution in [0.15, 0.2) is 29.1 Å². The highest BCUT2D eigenvalue weighted by molar-refractivity contribution is 6.01. The van der Waals surface area contributed by atoms with Gasteiger partial charge in [0.1, 0.15) is 5.56 Å². The van der Waals surface area contributed by atoms with Crippen LogP contribution in [0.3, 0.4) is 0 Å². The predicted molar refractivity (Wildman–Crippen MR) is 88.0 cm³/mol. The van der Waals surface area contributed by atoms with Crippen LogP contribution < -0.4 is 11.3 Å². The summed E-state index contributed by atoms with van der Waals surface area (Å²) in [5, 5.41) is 3.30. The lowest BCUT2D eigenvalue weighted by Crippen LogP contribution is -2.25. The number of amides is 1. The molecule has 0 radical (unpaired) electrons. The molecule has 1 amide bonds. The van der Waals surface area contributed by atoms with Crippen molar-refractivity contribution in [3.63, 3.8) is 0 Å². The van der Waals surface area contributed by atoms with Crippen molar-refractivity contribution in [2.24, 2.45) is 5.73 Å². The fraction of sp³-hybridized carbons (Fsp3) is 0.353. The van der Waals surface area contributed by atoms with Crippen molar-refractivity contribution in [2.45, 2.75) is 37.5 Å². The number of nitrogens with zero attached hydrogens (tertiary/aromatic N) is 2. The average molecular weight is 346 g/mol. The van der Waals surface area contributed by atoms with Crippen LogP contribution >= 0.6 is 0 Å². The van der Waals surface area contributed by atoms with Gasteiger partial charge in [0.25, 0.3) is 11.5 Å². The van der Waals surface area contributed by atoms with Gasteiger partial charge in [-0.25, -0.2) is 18.3 Å². The summed E-state index contributed by atoms with van der Waals surface area (Å²) in [6.45, 7) is 0. The van der Waals surface area contributed by atoms with Gasteiger partial charge in [-0.05, 0) is 25.0 Å². The minimum atomic E-state index is -2.68. The molecule has 0 aliphatic heterocycles. The summed E-state index contributed by atoms with van der Waals surface area (Å²) in [5.74, 6) is -3.70. The standard InChI is InChI=1S/C17H16F2N4O2/c18-17(19)7-5-9(6-8-17)13-12(14(20)24)15-21-11-4-2-1-3-10(11)16(25)23(15)22-13/h1-4,9,22H,5-8H2,(H2,20,24). The largest absolute Gasteiger partial charge is 0.365 e. The Kier molecular flexibility index (Phi) is 3.38. The van der Waals surface area contributed by atoms with Gasteiger partial charge in [0.2, 0.25) is 5.92 Å². The van der Waals surface area contributed by atoms with Gasteiger partial charge in [0.05, 0.1) is 16.6 Å². The van der Waals surface area contributed by atoms with Crippen LogP contribution in [0.5, 0.6) is 0 Å². The lowest BCUT2D eigenvalue weighted by atomic mass is 9.83. The van der Waals surface area contributed by atoms with E-state index in [-0.39, 0.29) is 48.4 Å². The number of aromatic amines is 1. The highest BCUT2D eigenvalue weighted by atomic mass is 19.3. The van der Waals surface area contributed by atoms with E-state index in [1.54, 1.807) is 24.3 Å². The van der Waals surface area contributed by atoms with Crippen molar-refractivity contribution in [3.8, 4) is 0 Å². The molecule has 0 unspecified atom stereocenters. The number of carbonyl (C=O) groups is 1. The van der Waals surface area contributed by atoms with E-state index in [1.807, 2.05) is 0 Å². The summed E-state index contributed by atoms with van der Waals surface area (Å²) in [4.78, 5) is 29.1. The van der Waals surface area contributed by atoms with Gasteiger partial charge in [-0.2, -0.15) is 0 Å². The summed E-state index contributed by atoms with van der Waals surface area (Å²) in [7, 11) is 0. The minimum Gasteiger partial charge on any atom is -0.365 e. The maximum atomic E-state index is 13.4. The van der Waals surface area contributed by atoms with Crippen LogP contribution in [0, 0.1) is 0 Å². The van der Waals surface area contributed by atoms with Gasteiger partial charge < -0.3 is 5.73 Å². The molecule has 1 aromatic carbocycles. The number of aromatic nitrogens is 3. The predicted octanol–water partition coefficient (Wildman–Crippen LogP) is 2.57. The molecule has 0 bridgehead atoms. The Labute approximate surface area is 140 Å². The molecule has 25 heavy (non-hydrogen) atoms. The second-order valence-electron chi connectivity index (χ2n) is 6.49. The molecule has 0 saturated heterocycles. The summed E-state index contributed by atoms with van der Waals surface area (Å²) >= 11 is 0. The zero-order chi connectivity index (χ0) is 17.8. The summed E-state index contributed by atoms with van der Waals surface area (Å²) < 4.78 is 28.1. The molecule has 1 aliphatic rings. The number of nitrogens with one attached hydrogen (secondary N) is 1. The topological polar surface area (TPSA) is 93.3 Å². The zero-order valence-corrected chi connectivity index (χ0v) is 13.3. The lowest BCUT2D eigenvalue weighted by Gasteiger charge is -2.27. The number of hydrogen-bond donors (Lipinski definition) is 2. The van der Waals surface area contributed by atoms with E-state index >= 15 is 0 Å². The number of rotatable bonds is 2. The molecule has 3 N–H and O–H groups in total. The van der Waals surface area contributed by atoms with E-state index in [9.17, 15) is 18.4 Å². The first kappa shape index (κ1) is 15.7. The number of hydrogen-bond acceptors (Lipinski definition) is 3. The molecular formula is C17H16F2N4O2. The molecule has 0 spiro atoms. The molecule has 1 saturated carbocycles. The second kappa shape index (κ2) is 5.37. The third-order valence-corrected chi connectivity index (χ3v) is 4.87. The summed E-state index contributed by atoms with van der Waals surface area (Å²) in [5.41, 5.74) is 6.29. The van der Waals surface area contributed by atoms with E-state index in [4.69, 9.17) is 5.73 Å². The van der Waals surface area contributed by atoms with Crippen molar-refractivity contribution < 1.29 is 13.6 Å². The molecular weight excluding hydrogens is 330 g/mol. The lowest BCUT2D eigenvalue weighted by molar-refractivity contribution is -0.0385. The monoisotopic (exact) mass is 346 g/mol. The zero-order valence-electron chi connectivity index (χ0n) is 13.3. The third-order valence-electron chi connectivity index (χ3n) is 4.87. The van der Waals surface area contributed by atoms with Gasteiger partial charge in [-0.15, -0.1) is 0 Å². The first-order valence-corrected chi connectivity index (χ1v) is 8.08. The number of alkyl halides is 2. The van der Waals surface area contributed by atoms with Gasteiger partial charge in [-0.1, -0.05) is 12.1 Å².